The topological polar surface area (TPSA) is 93.2 Å². The normalized spacial score (nSPS) is 14.7. The Morgan fingerprint density at radius 2 is 1.52 bits per heavy atom. The van der Waals surface area contributed by atoms with E-state index in [1.807, 2.05) is 37.6 Å². The van der Waals surface area contributed by atoms with E-state index < -0.39 is 0 Å². The molecule has 0 N–H and O–H groups in total. The first kappa shape index (κ1) is 17.5. The molecule has 4 aromatic heterocycles. The van der Waals surface area contributed by atoms with Gasteiger partial charge in [-0.05, 0) is 26.8 Å². The minimum atomic E-state index is 0.632. The molecule has 148 valence electrons. The van der Waals surface area contributed by atoms with Crippen molar-refractivity contribution in [1.29, 1.82) is 0 Å². The first-order chi connectivity index (χ1) is 14.1. The first-order valence-corrected chi connectivity index (χ1v) is 9.61. The number of hydrogen-bond donors (Lipinski definition) is 0. The Labute approximate surface area is 167 Å². The van der Waals surface area contributed by atoms with Gasteiger partial charge in [-0.25, -0.2) is 19.6 Å². The van der Waals surface area contributed by atoms with Crippen LogP contribution in [0.1, 0.15) is 17.1 Å². The summed E-state index contributed by atoms with van der Waals surface area (Å²) in [5.74, 6) is 3.36. The van der Waals surface area contributed by atoms with Crippen LogP contribution in [0.5, 0.6) is 0 Å². The molecule has 1 saturated heterocycles. The van der Waals surface area contributed by atoms with Crippen LogP contribution in [0.4, 0.5) is 11.6 Å². The molecular weight excluding hydrogens is 368 g/mol. The number of nitrogens with zero attached hydrogens (tertiary/aromatic N) is 10. The maximum Gasteiger partial charge on any atom is 0.254 e. The van der Waals surface area contributed by atoms with Gasteiger partial charge in [-0.2, -0.15) is 19.7 Å². The molecule has 0 aliphatic carbocycles. The Bertz CT molecular complexity index is 1170. The van der Waals surface area contributed by atoms with Crippen LogP contribution in [0, 0.1) is 20.8 Å². The van der Waals surface area contributed by atoms with Gasteiger partial charge in [0, 0.05) is 49.7 Å². The molecule has 5 rings (SSSR count). The van der Waals surface area contributed by atoms with Crippen molar-refractivity contribution in [2.24, 2.45) is 0 Å². The summed E-state index contributed by atoms with van der Waals surface area (Å²) >= 11 is 0. The highest BCUT2D eigenvalue weighted by atomic mass is 15.4. The molecule has 0 atom stereocenters. The molecule has 1 aliphatic heterocycles. The molecule has 0 amide bonds. The highest BCUT2D eigenvalue weighted by molar-refractivity contribution is 5.50. The lowest BCUT2D eigenvalue weighted by molar-refractivity contribution is 0.631. The zero-order valence-corrected chi connectivity index (χ0v) is 16.7. The smallest absolute Gasteiger partial charge is 0.254 e. The van der Waals surface area contributed by atoms with E-state index in [1.165, 1.54) is 0 Å². The van der Waals surface area contributed by atoms with Crippen LogP contribution in [0.3, 0.4) is 0 Å². The van der Waals surface area contributed by atoms with E-state index in [4.69, 9.17) is 0 Å². The van der Waals surface area contributed by atoms with Gasteiger partial charge in [-0.1, -0.05) is 0 Å². The van der Waals surface area contributed by atoms with Crippen LogP contribution in [-0.4, -0.2) is 65.5 Å². The third kappa shape index (κ3) is 3.16. The number of aromatic nitrogens is 8. The molecule has 10 nitrogen and oxygen atoms in total. The summed E-state index contributed by atoms with van der Waals surface area (Å²) in [6.07, 6.45) is 3.15. The standard InChI is InChI=1S/C19H22N10/c1-13-9-18(29-19(24-13)22-12-23-29)27-6-4-26(5-7-27)16-10-17(21-11-20-16)28-15(3)8-14(2)25-28/h8-12H,4-7H2,1-3H3. The summed E-state index contributed by atoms with van der Waals surface area (Å²) in [5.41, 5.74) is 2.97. The van der Waals surface area contributed by atoms with Crippen molar-refractivity contribution in [2.45, 2.75) is 20.8 Å². The van der Waals surface area contributed by atoms with E-state index in [2.05, 4.69) is 46.0 Å². The van der Waals surface area contributed by atoms with E-state index >= 15 is 0 Å². The Kier molecular flexibility index (Phi) is 4.11. The molecule has 29 heavy (non-hydrogen) atoms. The Morgan fingerprint density at radius 3 is 2.28 bits per heavy atom. The summed E-state index contributed by atoms with van der Waals surface area (Å²) in [6.45, 7) is 9.42. The molecule has 5 heterocycles. The average Bonchev–Trinajstić information content (AvgIpc) is 3.33. The highest BCUT2D eigenvalue weighted by Gasteiger charge is 2.22. The highest BCUT2D eigenvalue weighted by Crippen LogP contribution is 2.21. The molecule has 0 unspecified atom stereocenters. The largest absolute Gasteiger partial charge is 0.353 e. The lowest BCUT2D eigenvalue weighted by Gasteiger charge is -2.36. The second-order valence-electron chi connectivity index (χ2n) is 7.27. The Morgan fingerprint density at radius 1 is 0.759 bits per heavy atom. The van der Waals surface area contributed by atoms with Crippen LogP contribution in [-0.2, 0) is 0 Å². The third-order valence-electron chi connectivity index (χ3n) is 5.15. The summed E-state index contributed by atoms with van der Waals surface area (Å²) in [6, 6.07) is 6.10. The molecule has 0 radical (unpaired) electrons. The molecule has 1 fully saturated rings. The second-order valence-corrected chi connectivity index (χ2v) is 7.27. The Hall–Kier alpha value is -3.56. The van der Waals surface area contributed by atoms with Gasteiger partial charge >= 0.3 is 0 Å². The van der Waals surface area contributed by atoms with E-state index in [-0.39, 0.29) is 0 Å². The zero-order valence-electron chi connectivity index (χ0n) is 16.7. The first-order valence-electron chi connectivity index (χ1n) is 9.61. The van der Waals surface area contributed by atoms with Crippen LogP contribution in [0.2, 0.25) is 0 Å². The minimum absolute atomic E-state index is 0.632. The maximum absolute atomic E-state index is 4.53. The predicted octanol–water partition coefficient (Wildman–Crippen LogP) is 1.35. The predicted molar refractivity (Wildman–Crippen MR) is 109 cm³/mol. The lowest BCUT2D eigenvalue weighted by Crippen LogP contribution is -2.47. The molecule has 10 heteroatoms. The van der Waals surface area contributed by atoms with Gasteiger partial charge in [0.2, 0.25) is 0 Å². The molecular formula is C19H22N10. The quantitative estimate of drug-likeness (QED) is 0.518. The number of fused-ring (bicyclic) bond motifs is 1. The van der Waals surface area contributed by atoms with Gasteiger partial charge in [0.25, 0.3) is 5.78 Å². The fraction of sp³-hybridized carbons (Fsp3) is 0.368. The number of anilines is 2. The van der Waals surface area contributed by atoms with Crippen molar-refractivity contribution in [3.8, 4) is 5.82 Å². The van der Waals surface area contributed by atoms with Gasteiger partial charge in [0.1, 0.15) is 24.3 Å². The third-order valence-corrected chi connectivity index (χ3v) is 5.15. The van der Waals surface area contributed by atoms with Gasteiger partial charge in [0.05, 0.1) is 5.69 Å². The molecule has 0 aromatic carbocycles. The number of rotatable bonds is 3. The number of piperazine rings is 1. The zero-order chi connectivity index (χ0) is 20.0. The van der Waals surface area contributed by atoms with Gasteiger partial charge in [-0.15, -0.1) is 0 Å². The van der Waals surface area contributed by atoms with Crippen LogP contribution in [0.25, 0.3) is 11.6 Å². The number of aryl methyl sites for hydroxylation is 3. The van der Waals surface area contributed by atoms with Crippen molar-refractivity contribution in [3.05, 3.63) is 47.9 Å². The fourth-order valence-corrected chi connectivity index (χ4v) is 3.79. The summed E-state index contributed by atoms with van der Waals surface area (Å²) in [5, 5.41) is 8.85. The molecule has 0 saturated carbocycles. The van der Waals surface area contributed by atoms with Crippen LogP contribution in [0.15, 0.2) is 30.9 Å². The molecule has 0 bridgehead atoms. The van der Waals surface area contributed by atoms with Crippen LogP contribution < -0.4 is 9.80 Å². The SMILES string of the molecule is Cc1cc(N2CCN(c3cc(-n4nc(C)cc4C)ncn3)CC2)n2ncnc2n1. The van der Waals surface area contributed by atoms with Gasteiger partial charge in [-0.3, -0.25) is 0 Å². The molecule has 0 spiro atoms. The molecule has 1 aliphatic rings. The van der Waals surface area contributed by atoms with Crippen molar-refractivity contribution in [3.63, 3.8) is 0 Å². The summed E-state index contributed by atoms with van der Waals surface area (Å²) in [4.78, 5) is 22.1. The van der Waals surface area contributed by atoms with Gasteiger partial charge < -0.3 is 9.80 Å². The van der Waals surface area contributed by atoms with Gasteiger partial charge in [0.15, 0.2) is 5.82 Å². The van der Waals surface area contributed by atoms with Crippen molar-refractivity contribution in [2.75, 3.05) is 36.0 Å². The fourth-order valence-electron chi connectivity index (χ4n) is 3.79. The second kappa shape index (κ2) is 6.80. The summed E-state index contributed by atoms with van der Waals surface area (Å²) < 4.78 is 3.66. The van der Waals surface area contributed by atoms with Crippen LogP contribution >= 0.6 is 0 Å². The van der Waals surface area contributed by atoms with E-state index in [0.717, 1.165) is 60.7 Å². The number of hydrogen-bond acceptors (Lipinski definition) is 8. The van der Waals surface area contributed by atoms with E-state index in [9.17, 15) is 0 Å². The average molecular weight is 390 g/mol. The van der Waals surface area contributed by atoms with E-state index in [1.54, 1.807) is 17.2 Å². The lowest BCUT2D eigenvalue weighted by atomic mass is 10.3. The van der Waals surface area contributed by atoms with Crippen molar-refractivity contribution < 1.29 is 0 Å². The minimum Gasteiger partial charge on any atom is -0.353 e. The summed E-state index contributed by atoms with van der Waals surface area (Å²) in [7, 11) is 0. The van der Waals surface area contributed by atoms with E-state index in [0.29, 0.717) is 5.78 Å². The maximum atomic E-state index is 4.53. The Balaban J connectivity index is 1.36. The van der Waals surface area contributed by atoms with Crippen molar-refractivity contribution in [1.82, 2.24) is 39.3 Å². The monoisotopic (exact) mass is 390 g/mol. The molecule has 4 aromatic rings. The van der Waals surface area contributed by atoms with Crippen molar-refractivity contribution >= 4 is 17.4 Å².